The largest absolute Gasteiger partial charge is 1.00 e. The fraction of sp³-hybridized carbons (Fsp3) is 0.292. The predicted octanol–water partition coefficient (Wildman–Crippen LogP) is 0.736. The van der Waals surface area contributed by atoms with E-state index in [4.69, 9.17) is 17.0 Å². The molecule has 3 aromatic rings. The Morgan fingerprint density at radius 2 is 1.87 bits per heavy atom. The van der Waals surface area contributed by atoms with Crippen molar-refractivity contribution in [3.05, 3.63) is 70.6 Å². The number of carbonyl (C=O) groups excluding carboxylic acids is 1. The molecule has 0 aliphatic heterocycles. The monoisotopic (exact) mass is 592 g/mol. The SMILES string of the molecule is CNC(=S)[N-]S(=O)(=O)c1cc(CCNC(=O)c2cnc3ccccc3c2)ccc1OCCOCC(F)(F)F.[Na+]. The van der Waals surface area contributed by atoms with Crippen LogP contribution in [0, 0.1) is 0 Å². The first-order chi connectivity index (χ1) is 18.0. The van der Waals surface area contributed by atoms with Crippen molar-refractivity contribution in [2.45, 2.75) is 17.5 Å². The van der Waals surface area contributed by atoms with Crippen LogP contribution in [-0.4, -0.2) is 64.0 Å². The summed E-state index contributed by atoms with van der Waals surface area (Å²) in [6.45, 7) is -2.01. The summed E-state index contributed by atoms with van der Waals surface area (Å²) in [5, 5.41) is 5.73. The van der Waals surface area contributed by atoms with Crippen LogP contribution in [0.5, 0.6) is 5.75 Å². The molecule has 1 aromatic heterocycles. The second-order valence-corrected chi connectivity index (χ2v) is 9.80. The Morgan fingerprint density at radius 3 is 2.59 bits per heavy atom. The van der Waals surface area contributed by atoms with Crippen LogP contribution in [0.25, 0.3) is 15.6 Å². The number of thiocarbonyl (C=S) groups is 1. The standard InChI is InChI=1S/C24H25F3N4O5S2.Na/c1-28-23(37)31-38(33,34)21-12-16(6-7-20(21)36-11-10-35-15-24(25,26)27)8-9-29-22(32)18-13-17-4-2-3-5-19(17)30-14-18;/h2-7,12-14H,8-11,15H2,1H3,(H3,28,29,31,32,37);/q;+1/p-1. The van der Waals surface area contributed by atoms with Crippen molar-refractivity contribution in [1.82, 2.24) is 15.6 Å². The molecule has 0 saturated heterocycles. The van der Waals surface area contributed by atoms with Crippen molar-refractivity contribution in [2.24, 2.45) is 0 Å². The van der Waals surface area contributed by atoms with Crippen molar-refractivity contribution in [1.29, 1.82) is 0 Å². The predicted molar refractivity (Wildman–Crippen MR) is 139 cm³/mol. The summed E-state index contributed by atoms with van der Waals surface area (Å²) in [5.74, 6) is -0.470. The maximum atomic E-state index is 12.8. The number of alkyl halides is 3. The van der Waals surface area contributed by atoms with E-state index < -0.39 is 29.4 Å². The molecule has 0 fully saturated rings. The molecule has 2 N–H and O–H groups in total. The molecule has 0 bridgehead atoms. The van der Waals surface area contributed by atoms with E-state index in [9.17, 15) is 26.4 Å². The van der Waals surface area contributed by atoms with E-state index in [1.54, 1.807) is 12.1 Å². The van der Waals surface area contributed by atoms with Crippen LogP contribution in [-0.2, 0) is 21.2 Å². The van der Waals surface area contributed by atoms with Crippen LogP contribution in [0.2, 0.25) is 0 Å². The molecule has 0 aliphatic rings. The maximum absolute atomic E-state index is 12.8. The van der Waals surface area contributed by atoms with Gasteiger partial charge in [-0.05, 0) is 36.2 Å². The third kappa shape index (κ3) is 10.2. The number of halogens is 3. The van der Waals surface area contributed by atoms with E-state index in [1.807, 2.05) is 24.3 Å². The number of rotatable bonds is 11. The Morgan fingerprint density at radius 1 is 1.13 bits per heavy atom. The van der Waals surface area contributed by atoms with Gasteiger partial charge in [-0.15, -0.1) is 0 Å². The number of aromatic nitrogens is 1. The van der Waals surface area contributed by atoms with Crippen LogP contribution in [0.3, 0.4) is 0 Å². The minimum absolute atomic E-state index is 0. The van der Waals surface area contributed by atoms with Gasteiger partial charge in [0.05, 0.1) is 17.7 Å². The third-order valence-electron chi connectivity index (χ3n) is 5.01. The van der Waals surface area contributed by atoms with E-state index in [0.29, 0.717) is 11.1 Å². The van der Waals surface area contributed by atoms with Gasteiger partial charge in [0.15, 0.2) is 0 Å². The molecular weight excluding hydrogens is 568 g/mol. The van der Waals surface area contributed by atoms with Gasteiger partial charge in [0, 0.05) is 23.2 Å². The van der Waals surface area contributed by atoms with Crippen molar-refractivity contribution < 1.29 is 65.4 Å². The molecule has 9 nitrogen and oxygen atoms in total. The zero-order chi connectivity index (χ0) is 27.8. The van der Waals surface area contributed by atoms with Gasteiger partial charge in [-0.25, -0.2) is 8.42 Å². The summed E-state index contributed by atoms with van der Waals surface area (Å²) in [6, 6.07) is 13.3. The normalized spacial score (nSPS) is 11.4. The van der Waals surface area contributed by atoms with E-state index in [0.717, 1.165) is 10.9 Å². The summed E-state index contributed by atoms with van der Waals surface area (Å²) < 4.78 is 75.7. The quantitative estimate of drug-likeness (QED) is 0.190. The van der Waals surface area contributed by atoms with Crippen molar-refractivity contribution >= 4 is 44.2 Å². The maximum Gasteiger partial charge on any atom is 1.00 e. The van der Waals surface area contributed by atoms with Crippen LogP contribution in [0.15, 0.2) is 59.6 Å². The zero-order valence-electron chi connectivity index (χ0n) is 21.1. The Bertz CT molecular complexity index is 1410. The number of para-hydroxylation sites is 1. The second kappa shape index (κ2) is 14.8. The minimum Gasteiger partial charge on any atom is -0.490 e. The molecule has 1 amide bonds. The Balaban J connectivity index is 0.00000533. The Kier molecular flexibility index (Phi) is 12.4. The van der Waals surface area contributed by atoms with Gasteiger partial charge < -0.3 is 24.8 Å². The summed E-state index contributed by atoms with van der Waals surface area (Å²) in [6.07, 6.45) is -2.75. The summed E-state index contributed by atoms with van der Waals surface area (Å²) in [5.41, 5.74) is 1.67. The topological polar surface area (TPSA) is 121 Å². The fourth-order valence-electron chi connectivity index (χ4n) is 3.25. The molecule has 1 heterocycles. The fourth-order valence-corrected chi connectivity index (χ4v) is 4.63. The zero-order valence-corrected chi connectivity index (χ0v) is 24.8. The van der Waals surface area contributed by atoms with Crippen molar-refractivity contribution in [2.75, 3.05) is 33.4 Å². The van der Waals surface area contributed by atoms with E-state index >= 15 is 0 Å². The van der Waals surface area contributed by atoms with E-state index in [-0.39, 0.29) is 70.8 Å². The number of sulfonamides is 1. The third-order valence-corrected chi connectivity index (χ3v) is 6.71. The molecule has 0 spiro atoms. The first-order valence-corrected chi connectivity index (χ1v) is 13.1. The molecule has 3 rings (SSSR count). The summed E-state index contributed by atoms with van der Waals surface area (Å²) >= 11 is 4.83. The van der Waals surface area contributed by atoms with Gasteiger partial charge in [0.1, 0.15) is 23.9 Å². The molecule has 0 saturated carbocycles. The molecule has 0 unspecified atom stereocenters. The minimum atomic E-state index is -4.49. The van der Waals surface area contributed by atoms with Crippen LogP contribution in [0.1, 0.15) is 15.9 Å². The van der Waals surface area contributed by atoms with Gasteiger partial charge in [0.25, 0.3) is 5.91 Å². The first kappa shape index (κ1) is 32.7. The number of nitrogens with zero attached hydrogens (tertiary/aromatic N) is 2. The molecule has 2 aromatic carbocycles. The second-order valence-electron chi connectivity index (χ2n) is 7.84. The molecule has 0 atom stereocenters. The van der Waals surface area contributed by atoms with E-state index in [1.165, 1.54) is 25.4 Å². The van der Waals surface area contributed by atoms with Gasteiger partial charge >= 0.3 is 35.7 Å². The number of hydrogen-bond donors (Lipinski definition) is 2. The van der Waals surface area contributed by atoms with E-state index in [2.05, 4.69) is 25.1 Å². The molecular formula is C24H24F3N4NaO5S2. The Hall–Kier alpha value is -2.49. The average Bonchev–Trinajstić information content (AvgIpc) is 2.87. The number of pyridine rings is 1. The number of benzene rings is 2. The molecule has 15 heteroatoms. The molecule has 0 aliphatic carbocycles. The smallest absolute Gasteiger partial charge is 0.490 e. The first-order valence-electron chi connectivity index (χ1n) is 11.2. The van der Waals surface area contributed by atoms with Gasteiger partial charge in [-0.3, -0.25) is 9.78 Å². The van der Waals surface area contributed by atoms with Crippen LogP contribution >= 0.6 is 12.2 Å². The number of carbonyl (C=O) groups is 1. The number of nitrogens with one attached hydrogen (secondary N) is 2. The van der Waals surface area contributed by atoms with Crippen molar-refractivity contribution in [3.63, 3.8) is 0 Å². The van der Waals surface area contributed by atoms with Gasteiger partial charge in [-0.1, -0.05) is 43.5 Å². The number of ether oxygens (including phenoxy) is 2. The van der Waals surface area contributed by atoms with Crippen molar-refractivity contribution in [3.8, 4) is 5.75 Å². The number of fused-ring (bicyclic) bond motifs is 1. The van der Waals surface area contributed by atoms with Crippen LogP contribution < -0.4 is 44.9 Å². The number of hydrogen-bond acceptors (Lipinski definition) is 7. The molecule has 204 valence electrons. The van der Waals surface area contributed by atoms with Gasteiger partial charge in [0.2, 0.25) is 10.0 Å². The number of amides is 1. The molecule has 0 radical (unpaired) electrons. The molecule has 39 heavy (non-hydrogen) atoms. The van der Waals surface area contributed by atoms with Gasteiger partial charge in [-0.2, -0.15) is 13.2 Å². The summed E-state index contributed by atoms with van der Waals surface area (Å²) in [7, 11) is -2.91. The average molecular weight is 593 g/mol. The summed E-state index contributed by atoms with van der Waals surface area (Å²) in [4.78, 5) is 16.5. The van der Waals surface area contributed by atoms with Crippen LogP contribution in [0.4, 0.5) is 13.2 Å². The Labute approximate surface area is 251 Å².